The average molecular weight is 374 g/mol. The number of hydrogen-bond acceptors (Lipinski definition) is 5. The molecule has 0 aromatic carbocycles. The standard InChI is InChI=1S/C18H20F2N6O/c1-3-4-13(11-21-2)23-17(27)14-12-22-15-5-6-16(24-26(14)15)25-9-7-18(19,20)8-10-25/h3-6,11-12H,2,7-10H2,1H3,(H,23,27). The van der Waals surface area contributed by atoms with Gasteiger partial charge >= 0.3 is 0 Å². The van der Waals surface area contributed by atoms with Crippen LogP contribution in [0.4, 0.5) is 14.6 Å². The molecule has 0 aliphatic carbocycles. The highest BCUT2D eigenvalue weighted by molar-refractivity contribution is 5.94. The van der Waals surface area contributed by atoms with E-state index in [1.807, 2.05) is 6.92 Å². The van der Waals surface area contributed by atoms with Crippen LogP contribution in [0.5, 0.6) is 0 Å². The van der Waals surface area contributed by atoms with Gasteiger partial charge in [0, 0.05) is 32.1 Å². The summed E-state index contributed by atoms with van der Waals surface area (Å²) in [4.78, 5) is 22.2. The number of fused-ring (bicyclic) bond motifs is 1. The number of aliphatic imine (C=N–C) groups is 1. The number of hydrogen-bond donors (Lipinski definition) is 1. The van der Waals surface area contributed by atoms with Crippen LogP contribution in [0, 0.1) is 0 Å². The third kappa shape index (κ3) is 4.18. The summed E-state index contributed by atoms with van der Waals surface area (Å²) in [6, 6.07) is 3.43. The highest BCUT2D eigenvalue weighted by Crippen LogP contribution is 2.29. The van der Waals surface area contributed by atoms with E-state index >= 15 is 0 Å². The minimum Gasteiger partial charge on any atom is -0.355 e. The van der Waals surface area contributed by atoms with Gasteiger partial charge in [-0.15, -0.1) is 5.10 Å². The SMILES string of the molecule is C=NC=C(C=CC)NC(=O)c1cnc2ccc(N3CCC(F)(F)CC3)nn12. The van der Waals surface area contributed by atoms with Crippen LogP contribution in [0.1, 0.15) is 30.3 Å². The van der Waals surface area contributed by atoms with Crippen molar-refractivity contribution in [3.05, 3.63) is 48.1 Å². The summed E-state index contributed by atoms with van der Waals surface area (Å²) in [7, 11) is 0. The lowest BCUT2D eigenvalue weighted by Gasteiger charge is -2.32. The number of nitrogens with zero attached hydrogens (tertiary/aromatic N) is 5. The zero-order valence-corrected chi connectivity index (χ0v) is 14.9. The van der Waals surface area contributed by atoms with Crippen molar-refractivity contribution in [2.45, 2.75) is 25.7 Å². The first-order chi connectivity index (χ1) is 12.9. The zero-order chi connectivity index (χ0) is 19.4. The fourth-order valence-corrected chi connectivity index (χ4v) is 2.84. The Balaban J connectivity index is 1.86. The summed E-state index contributed by atoms with van der Waals surface area (Å²) in [5.74, 6) is -2.51. The molecule has 0 saturated carbocycles. The Morgan fingerprint density at radius 3 is 2.78 bits per heavy atom. The molecular weight excluding hydrogens is 354 g/mol. The monoisotopic (exact) mass is 374 g/mol. The van der Waals surface area contributed by atoms with Crippen molar-refractivity contribution < 1.29 is 13.6 Å². The Labute approximate surface area is 155 Å². The average Bonchev–Trinajstić information content (AvgIpc) is 3.05. The van der Waals surface area contributed by atoms with Crippen LogP contribution in [-0.4, -0.2) is 46.2 Å². The van der Waals surface area contributed by atoms with Gasteiger partial charge < -0.3 is 10.2 Å². The Kier molecular flexibility index (Phi) is 5.29. The Bertz CT molecular complexity index is 908. The lowest BCUT2D eigenvalue weighted by Crippen LogP contribution is -2.40. The van der Waals surface area contributed by atoms with Crippen molar-refractivity contribution in [2.24, 2.45) is 4.99 Å². The van der Waals surface area contributed by atoms with E-state index in [0.717, 1.165) is 0 Å². The molecule has 1 aliphatic rings. The van der Waals surface area contributed by atoms with Crippen LogP contribution in [0.15, 0.2) is 47.4 Å². The van der Waals surface area contributed by atoms with Crippen molar-refractivity contribution in [2.75, 3.05) is 18.0 Å². The van der Waals surface area contributed by atoms with Crippen molar-refractivity contribution >= 4 is 24.1 Å². The second-order valence-electron chi connectivity index (χ2n) is 6.17. The molecule has 0 atom stereocenters. The summed E-state index contributed by atoms with van der Waals surface area (Å²) in [5.41, 5.74) is 1.19. The van der Waals surface area contributed by atoms with Gasteiger partial charge in [0.15, 0.2) is 11.3 Å². The van der Waals surface area contributed by atoms with Crippen LogP contribution in [0.3, 0.4) is 0 Å². The van der Waals surface area contributed by atoms with E-state index < -0.39 is 11.8 Å². The second kappa shape index (κ2) is 7.65. The van der Waals surface area contributed by atoms with Gasteiger partial charge in [-0.3, -0.25) is 9.79 Å². The van der Waals surface area contributed by atoms with E-state index in [1.165, 1.54) is 16.9 Å². The normalized spacial score (nSPS) is 17.4. The molecule has 1 saturated heterocycles. The first-order valence-electron chi connectivity index (χ1n) is 8.51. The quantitative estimate of drug-likeness (QED) is 0.645. The van der Waals surface area contributed by atoms with Crippen LogP contribution in [0.25, 0.3) is 5.65 Å². The highest BCUT2D eigenvalue weighted by Gasteiger charge is 2.34. The molecule has 0 radical (unpaired) electrons. The number of allylic oxidation sites excluding steroid dienone is 2. The summed E-state index contributed by atoms with van der Waals surface area (Å²) in [6.07, 6.45) is 5.86. The summed E-state index contributed by atoms with van der Waals surface area (Å²) in [6.45, 7) is 5.61. The van der Waals surface area contributed by atoms with Gasteiger partial charge in [-0.05, 0) is 31.9 Å². The number of imidazole rings is 1. The number of aromatic nitrogens is 3. The van der Waals surface area contributed by atoms with Crippen LogP contribution in [0.2, 0.25) is 0 Å². The molecule has 3 heterocycles. The number of carbonyl (C=O) groups excluding carboxylic acids is 1. The molecule has 2 aromatic heterocycles. The topological polar surface area (TPSA) is 74.9 Å². The maximum atomic E-state index is 13.4. The zero-order valence-electron chi connectivity index (χ0n) is 14.9. The van der Waals surface area contributed by atoms with Crippen LogP contribution >= 0.6 is 0 Å². The minimum atomic E-state index is -2.63. The molecule has 1 fully saturated rings. The number of amides is 1. The third-order valence-corrected chi connectivity index (χ3v) is 4.23. The molecule has 7 nitrogen and oxygen atoms in total. The maximum absolute atomic E-state index is 13.4. The van der Waals surface area contributed by atoms with Gasteiger partial charge in [-0.1, -0.05) is 6.08 Å². The fraction of sp³-hybridized carbons (Fsp3) is 0.333. The van der Waals surface area contributed by atoms with Gasteiger partial charge in [0.05, 0.1) is 11.9 Å². The van der Waals surface area contributed by atoms with E-state index in [-0.39, 0.29) is 31.6 Å². The largest absolute Gasteiger partial charge is 0.355 e. The summed E-state index contributed by atoms with van der Waals surface area (Å²) in [5, 5.41) is 7.14. The third-order valence-electron chi connectivity index (χ3n) is 4.23. The molecule has 2 aromatic rings. The minimum absolute atomic E-state index is 0.209. The number of carbonyl (C=O) groups is 1. The van der Waals surface area contributed by atoms with Gasteiger partial charge in [-0.25, -0.2) is 18.3 Å². The molecule has 9 heteroatoms. The van der Waals surface area contributed by atoms with Gasteiger partial charge in [0.1, 0.15) is 5.82 Å². The predicted molar refractivity (Wildman–Crippen MR) is 99.3 cm³/mol. The van der Waals surface area contributed by atoms with E-state index in [9.17, 15) is 13.6 Å². The smallest absolute Gasteiger partial charge is 0.276 e. The fourth-order valence-electron chi connectivity index (χ4n) is 2.84. The second-order valence-corrected chi connectivity index (χ2v) is 6.17. The van der Waals surface area contributed by atoms with Gasteiger partial charge in [-0.2, -0.15) is 0 Å². The number of alkyl halides is 2. The lowest BCUT2D eigenvalue weighted by molar-refractivity contribution is -0.0221. The molecule has 27 heavy (non-hydrogen) atoms. The lowest BCUT2D eigenvalue weighted by atomic mass is 10.1. The van der Waals surface area contributed by atoms with Crippen molar-refractivity contribution in [1.82, 2.24) is 19.9 Å². The number of piperidine rings is 1. The number of nitrogens with one attached hydrogen (secondary N) is 1. The van der Waals surface area contributed by atoms with Gasteiger partial charge in [0.25, 0.3) is 11.8 Å². The molecule has 142 valence electrons. The molecule has 0 spiro atoms. The molecular formula is C18H20F2N6O. The predicted octanol–water partition coefficient (Wildman–Crippen LogP) is 2.81. The van der Waals surface area contributed by atoms with Crippen molar-refractivity contribution in [1.29, 1.82) is 0 Å². The first-order valence-corrected chi connectivity index (χ1v) is 8.51. The molecule has 1 amide bonds. The number of rotatable bonds is 5. The van der Waals surface area contributed by atoms with Gasteiger partial charge in [0.2, 0.25) is 0 Å². The van der Waals surface area contributed by atoms with Crippen LogP contribution < -0.4 is 10.2 Å². The highest BCUT2D eigenvalue weighted by atomic mass is 19.3. The summed E-state index contributed by atoms with van der Waals surface area (Å²) < 4.78 is 28.2. The molecule has 0 unspecified atom stereocenters. The summed E-state index contributed by atoms with van der Waals surface area (Å²) >= 11 is 0. The Morgan fingerprint density at radius 2 is 2.11 bits per heavy atom. The molecule has 1 N–H and O–H groups in total. The molecule has 0 bridgehead atoms. The molecule has 1 aliphatic heterocycles. The van der Waals surface area contributed by atoms with Crippen LogP contribution in [-0.2, 0) is 0 Å². The Morgan fingerprint density at radius 1 is 1.37 bits per heavy atom. The van der Waals surface area contributed by atoms with E-state index in [2.05, 4.69) is 27.1 Å². The molecule has 3 rings (SSSR count). The van der Waals surface area contributed by atoms with E-state index in [1.54, 1.807) is 29.2 Å². The van der Waals surface area contributed by atoms with Crippen molar-refractivity contribution in [3.63, 3.8) is 0 Å². The van der Waals surface area contributed by atoms with Crippen molar-refractivity contribution in [3.8, 4) is 0 Å². The van der Waals surface area contributed by atoms with E-state index in [4.69, 9.17) is 0 Å². The Hall–Kier alpha value is -3.10. The number of anilines is 1. The first kappa shape index (κ1) is 18.7. The number of halogens is 2. The maximum Gasteiger partial charge on any atom is 0.276 e. The van der Waals surface area contributed by atoms with E-state index in [0.29, 0.717) is 17.2 Å².